The van der Waals surface area contributed by atoms with Gasteiger partial charge in [-0.1, -0.05) is 29.8 Å². The van der Waals surface area contributed by atoms with Crippen LogP contribution in [-0.4, -0.2) is 4.98 Å². The first-order chi connectivity index (χ1) is 7.16. The number of hydrogen-bond donors (Lipinski definition) is 0. The van der Waals surface area contributed by atoms with Crippen molar-refractivity contribution in [2.75, 3.05) is 0 Å². The maximum absolute atomic E-state index is 5.85. The third-order valence-electron chi connectivity index (χ3n) is 2.52. The lowest BCUT2D eigenvalue weighted by Crippen LogP contribution is -1.86. The Balaban J connectivity index is 2.50. The molecule has 1 nitrogen and oxygen atoms in total. The standard InChI is InChI=1S/C13H12ClN/c1-9-6-7-11(8-10(9)2)12-4-3-5-13(14)15-12/h3-8H,1-2H3. The summed E-state index contributed by atoms with van der Waals surface area (Å²) in [6.07, 6.45) is 0. The van der Waals surface area contributed by atoms with E-state index in [1.54, 1.807) is 6.07 Å². The molecule has 0 N–H and O–H groups in total. The van der Waals surface area contributed by atoms with Gasteiger partial charge in [-0.05, 0) is 43.2 Å². The SMILES string of the molecule is Cc1ccc(-c2cccc(Cl)n2)cc1C. The number of pyridine rings is 1. The minimum atomic E-state index is 0.533. The fourth-order valence-electron chi connectivity index (χ4n) is 1.47. The average Bonchev–Trinajstić information content (AvgIpc) is 2.22. The van der Waals surface area contributed by atoms with Crippen molar-refractivity contribution in [1.82, 2.24) is 4.98 Å². The summed E-state index contributed by atoms with van der Waals surface area (Å²) in [5.41, 5.74) is 4.60. The zero-order valence-corrected chi connectivity index (χ0v) is 9.55. The van der Waals surface area contributed by atoms with Crippen LogP contribution in [-0.2, 0) is 0 Å². The van der Waals surface area contributed by atoms with Gasteiger partial charge in [0.25, 0.3) is 0 Å². The van der Waals surface area contributed by atoms with E-state index in [0.717, 1.165) is 11.3 Å². The first kappa shape index (κ1) is 10.2. The van der Waals surface area contributed by atoms with Gasteiger partial charge in [-0.25, -0.2) is 4.98 Å². The molecule has 0 aliphatic rings. The quantitative estimate of drug-likeness (QED) is 0.658. The Bertz CT molecular complexity index is 492. The van der Waals surface area contributed by atoms with Gasteiger partial charge < -0.3 is 0 Å². The normalized spacial score (nSPS) is 10.3. The van der Waals surface area contributed by atoms with Crippen molar-refractivity contribution in [1.29, 1.82) is 0 Å². The zero-order chi connectivity index (χ0) is 10.8. The van der Waals surface area contributed by atoms with Crippen molar-refractivity contribution in [2.45, 2.75) is 13.8 Å². The second-order valence-corrected chi connectivity index (χ2v) is 4.03. The van der Waals surface area contributed by atoms with Crippen LogP contribution in [0.2, 0.25) is 5.15 Å². The molecule has 2 aromatic rings. The molecule has 0 radical (unpaired) electrons. The lowest BCUT2D eigenvalue weighted by Gasteiger charge is -2.04. The summed E-state index contributed by atoms with van der Waals surface area (Å²) in [7, 11) is 0. The van der Waals surface area contributed by atoms with E-state index in [9.17, 15) is 0 Å². The van der Waals surface area contributed by atoms with E-state index in [4.69, 9.17) is 11.6 Å². The lowest BCUT2D eigenvalue weighted by molar-refractivity contribution is 1.29. The van der Waals surface area contributed by atoms with E-state index in [2.05, 4.69) is 37.0 Å². The molecular formula is C13H12ClN. The average molecular weight is 218 g/mol. The summed E-state index contributed by atoms with van der Waals surface area (Å²) in [5, 5.41) is 0.533. The number of aromatic nitrogens is 1. The van der Waals surface area contributed by atoms with Crippen LogP contribution in [0, 0.1) is 13.8 Å². The van der Waals surface area contributed by atoms with Gasteiger partial charge in [0, 0.05) is 5.56 Å². The van der Waals surface area contributed by atoms with Crippen LogP contribution in [0.25, 0.3) is 11.3 Å². The monoisotopic (exact) mass is 217 g/mol. The molecule has 0 spiro atoms. The van der Waals surface area contributed by atoms with Crippen molar-refractivity contribution in [3.8, 4) is 11.3 Å². The number of rotatable bonds is 1. The minimum Gasteiger partial charge on any atom is -0.236 e. The number of aryl methyl sites for hydroxylation is 2. The largest absolute Gasteiger partial charge is 0.236 e. The molecule has 0 aliphatic heterocycles. The van der Waals surface area contributed by atoms with Gasteiger partial charge in [0.2, 0.25) is 0 Å². The maximum atomic E-state index is 5.85. The molecule has 2 heteroatoms. The van der Waals surface area contributed by atoms with Crippen molar-refractivity contribution < 1.29 is 0 Å². The van der Waals surface area contributed by atoms with Crippen LogP contribution in [0.5, 0.6) is 0 Å². The predicted octanol–water partition coefficient (Wildman–Crippen LogP) is 4.02. The first-order valence-electron chi connectivity index (χ1n) is 4.87. The molecule has 0 saturated heterocycles. The minimum absolute atomic E-state index is 0.533. The third kappa shape index (κ3) is 2.18. The van der Waals surface area contributed by atoms with Gasteiger partial charge in [-0.2, -0.15) is 0 Å². The number of halogens is 1. The van der Waals surface area contributed by atoms with Crippen molar-refractivity contribution in [3.63, 3.8) is 0 Å². The van der Waals surface area contributed by atoms with Crippen molar-refractivity contribution in [3.05, 3.63) is 52.7 Å². The van der Waals surface area contributed by atoms with Crippen molar-refractivity contribution in [2.24, 2.45) is 0 Å². The summed E-state index contributed by atoms with van der Waals surface area (Å²) in [4.78, 5) is 4.28. The van der Waals surface area contributed by atoms with Gasteiger partial charge in [0.1, 0.15) is 5.15 Å². The van der Waals surface area contributed by atoms with Crippen LogP contribution in [0.4, 0.5) is 0 Å². The second kappa shape index (κ2) is 4.03. The molecule has 76 valence electrons. The Morgan fingerprint density at radius 3 is 2.47 bits per heavy atom. The van der Waals surface area contributed by atoms with Gasteiger partial charge in [0.15, 0.2) is 0 Å². The Hall–Kier alpha value is -1.34. The smallest absolute Gasteiger partial charge is 0.129 e. The van der Waals surface area contributed by atoms with Crippen molar-refractivity contribution >= 4 is 11.6 Å². The van der Waals surface area contributed by atoms with Gasteiger partial charge >= 0.3 is 0 Å². The molecule has 0 bridgehead atoms. The highest BCUT2D eigenvalue weighted by Gasteiger charge is 2.01. The highest BCUT2D eigenvalue weighted by molar-refractivity contribution is 6.29. The van der Waals surface area contributed by atoms with E-state index >= 15 is 0 Å². The fraction of sp³-hybridized carbons (Fsp3) is 0.154. The molecule has 2 rings (SSSR count). The molecule has 1 aromatic heterocycles. The fourth-order valence-corrected chi connectivity index (χ4v) is 1.63. The van der Waals surface area contributed by atoms with E-state index in [-0.39, 0.29) is 0 Å². The summed E-state index contributed by atoms with van der Waals surface area (Å²) in [6.45, 7) is 4.20. The Morgan fingerprint density at radius 1 is 1.00 bits per heavy atom. The molecule has 0 atom stereocenters. The Morgan fingerprint density at radius 2 is 1.80 bits per heavy atom. The summed E-state index contributed by atoms with van der Waals surface area (Å²) >= 11 is 5.85. The molecular weight excluding hydrogens is 206 g/mol. The van der Waals surface area contributed by atoms with Crippen LogP contribution in [0.3, 0.4) is 0 Å². The number of benzene rings is 1. The zero-order valence-electron chi connectivity index (χ0n) is 8.79. The number of nitrogens with zero attached hydrogens (tertiary/aromatic N) is 1. The molecule has 0 saturated carbocycles. The Labute approximate surface area is 94.7 Å². The maximum Gasteiger partial charge on any atom is 0.129 e. The molecule has 0 aliphatic carbocycles. The predicted molar refractivity (Wildman–Crippen MR) is 64.2 cm³/mol. The first-order valence-corrected chi connectivity index (χ1v) is 5.25. The molecule has 0 fully saturated rings. The highest BCUT2D eigenvalue weighted by Crippen LogP contribution is 2.21. The van der Waals surface area contributed by atoms with E-state index < -0.39 is 0 Å². The third-order valence-corrected chi connectivity index (χ3v) is 2.73. The summed E-state index contributed by atoms with van der Waals surface area (Å²) < 4.78 is 0. The van der Waals surface area contributed by atoms with Gasteiger partial charge in [-0.3, -0.25) is 0 Å². The van der Waals surface area contributed by atoms with E-state index in [1.165, 1.54) is 11.1 Å². The second-order valence-electron chi connectivity index (χ2n) is 3.64. The summed E-state index contributed by atoms with van der Waals surface area (Å²) in [6, 6.07) is 12.0. The highest BCUT2D eigenvalue weighted by atomic mass is 35.5. The van der Waals surface area contributed by atoms with Crippen LogP contribution in [0.1, 0.15) is 11.1 Å². The molecule has 1 aromatic carbocycles. The van der Waals surface area contributed by atoms with Gasteiger partial charge in [-0.15, -0.1) is 0 Å². The van der Waals surface area contributed by atoms with Gasteiger partial charge in [0.05, 0.1) is 5.69 Å². The van der Waals surface area contributed by atoms with E-state index in [1.807, 2.05) is 12.1 Å². The van der Waals surface area contributed by atoms with Crippen LogP contribution in [0.15, 0.2) is 36.4 Å². The molecule has 0 unspecified atom stereocenters. The van der Waals surface area contributed by atoms with Crippen LogP contribution >= 0.6 is 11.6 Å². The lowest BCUT2D eigenvalue weighted by atomic mass is 10.0. The van der Waals surface area contributed by atoms with E-state index in [0.29, 0.717) is 5.15 Å². The molecule has 1 heterocycles. The summed E-state index contributed by atoms with van der Waals surface area (Å²) in [5.74, 6) is 0. The topological polar surface area (TPSA) is 12.9 Å². The molecule has 0 amide bonds. The van der Waals surface area contributed by atoms with Crippen LogP contribution < -0.4 is 0 Å². The molecule has 15 heavy (non-hydrogen) atoms. The Kier molecular flexibility index (Phi) is 2.74. The number of hydrogen-bond acceptors (Lipinski definition) is 1.